The molecule has 4 aromatic rings. The molecule has 5 rings (SSSR count). The third-order valence-electron chi connectivity index (χ3n) is 5.99. The molecular formula is C28H21ClN6O3. The van der Waals surface area contributed by atoms with E-state index in [-0.39, 0.29) is 16.5 Å². The van der Waals surface area contributed by atoms with Crippen LogP contribution in [-0.2, 0) is 9.59 Å². The van der Waals surface area contributed by atoms with Gasteiger partial charge in [0.1, 0.15) is 5.03 Å². The molecule has 0 atom stereocenters. The molecule has 2 N–H and O–H groups in total. The number of anilines is 4. The lowest BCUT2D eigenvalue weighted by atomic mass is 10.1. The Hall–Kier alpha value is -4.89. The van der Waals surface area contributed by atoms with E-state index < -0.39 is 11.8 Å². The van der Waals surface area contributed by atoms with E-state index in [1.54, 1.807) is 36.8 Å². The van der Waals surface area contributed by atoms with Gasteiger partial charge < -0.3 is 10.6 Å². The van der Waals surface area contributed by atoms with Crippen molar-refractivity contribution in [2.75, 3.05) is 15.5 Å². The fourth-order valence-electron chi connectivity index (χ4n) is 3.86. The van der Waals surface area contributed by atoms with Crippen LogP contribution in [0.25, 0.3) is 11.3 Å². The maximum absolute atomic E-state index is 12.9. The number of amides is 3. The summed E-state index contributed by atoms with van der Waals surface area (Å²) >= 11 is 5.92. The number of hydrogen-bond donors (Lipinski definition) is 2. The zero-order chi connectivity index (χ0) is 26.8. The third kappa shape index (κ3) is 4.87. The number of aromatic nitrogens is 3. The van der Waals surface area contributed by atoms with E-state index in [4.69, 9.17) is 11.6 Å². The molecule has 0 unspecified atom stereocenters. The van der Waals surface area contributed by atoms with Gasteiger partial charge in [0.2, 0.25) is 5.95 Å². The summed E-state index contributed by atoms with van der Waals surface area (Å²) in [5, 5.41) is 5.97. The van der Waals surface area contributed by atoms with Gasteiger partial charge in [0.15, 0.2) is 0 Å². The average molecular weight is 525 g/mol. The van der Waals surface area contributed by atoms with E-state index in [1.807, 2.05) is 25.1 Å². The zero-order valence-corrected chi connectivity index (χ0v) is 21.2. The molecule has 0 bridgehead atoms. The van der Waals surface area contributed by atoms with Crippen LogP contribution in [0.1, 0.15) is 22.8 Å². The predicted octanol–water partition coefficient (Wildman–Crippen LogP) is 5.23. The SMILES string of the molecule is CC1=C(Cl)C(=O)N(c2ccc(C(=O)Nc3ccc(C)c(Nc4nccc(-c5cccnc5)n4)c3)cc2)C1=O. The van der Waals surface area contributed by atoms with Crippen molar-refractivity contribution in [1.29, 1.82) is 0 Å². The summed E-state index contributed by atoms with van der Waals surface area (Å²) in [7, 11) is 0. The van der Waals surface area contributed by atoms with Crippen LogP contribution in [0, 0.1) is 6.92 Å². The Morgan fingerprint density at radius 2 is 1.74 bits per heavy atom. The van der Waals surface area contributed by atoms with Gasteiger partial charge in [-0.05, 0) is 74.0 Å². The van der Waals surface area contributed by atoms with Crippen LogP contribution in [0.15, 0.2) is 89.9 Å². The monoisotopic (exact) mass is 524 g/mol. The molecular weight excluding hydrogens is 504 g/mol. The summed E-state index contributed by atoms with van der Waals surface area (Å²) in [5.74, 6) is -1.01. The molecule has 3 heterocycles. The minimum atomic E-state index is -0.582. The van der Waals surface area contributed by atoms with Crippen LogP contribution in [0.2, 0.25) is 0 Å². The lowest BCUT2D eigenvalue weighted by Gasteiger charge is -2.15. The molecule has 2 aromatic heterocycles. The van der Waals surface area contributed by atoms with E-state index in [9.17, 15) is 14.4 Å². The van der Waals surface area contributed by atoms with Crippen LogP contribution in [0.4, 0.5) is 23.0 Å². The minimum absolute atomic E-state index is 0.102. The molecule has 188 valence electrons. The summed E-state index contributed by atoms with van der Waals surface area (Å²) in [6.45, 7) is 3.43. The summed E-state index contributed by atoms with van der Waals surface area (Å²) in [6.07, 6.45) is 5.09. The molecule has 3 amide bonds. The van der Waals surface area contributed by atoms with Crippen LogP contribution in [0.3, 0.4) is 0 Å². The molecule has 9 nitrogen and oxygen atoms in total. The van der Waals surface area contributed by atoms with Crippen molar-refractivity contribution in [2.24, 2.45) is 0 Å². The first kappa shape index (κ1) is 24.8. The number of aryl methyl sites for hydroxylation is 1. The normalized spacial score (nSPS) is 13.2. The summed E-state index contributed by atoms with van der Waals surface area (Å²) in [6, 6.07) is 17.2. The average Bonchev–Trinajstić information content (AvgIpc) is 3.13. The van der Waals surface area contributed by atoms with E-state index >= 15 is 0 Å². The molecule has 0 saturated heterocycles. The summed E-state index contributed by atoms with van der Waals surface area (Å²) in [5.41, 5.74) is 4.70. The van der Waals surface area contributed by atoms with Crippen molar-refractivity contribution in [3.8, 4) is 11.3 Å². The Morgan fingerprint density at radius 1 is 0.947 bits per heavy atom. The van der Waals surface area contributed by atoms with Crippen molar-refractivity contribution < 1.29 is 14.4 Å². The van der Waals surface area contributed by atoms with Crippen molar-refractivity contribution in [2.45, 2.75) is 13.8 Å². The Balaban J connectivity index is 1.30. The molecule has 0 aliphatic carbocycles. The van der Waals surface area contributed by atoms with Gasteiger partial charge in [-0.1, -0.05) is 17.7 Å². The Bertz CT molecular complexity index is 1580. The fourth-order valence-corrected chi connectivity index (χ4v) is 4.03. The smallest absolute Gasteiger partial charge is 0.277 e. The molecule has 0 radical (unpaired) electrons. The Kier molecular flexibility index (Phi) is 6.68. The van der Waals surface area contributed by atoms with E-state index in [2.05, 4.69) is 25.6 Å². The number of rotatable bonds is 6. The second-order valence-corrected chi connectivity index (χ2v) is 8.93. The quantitative estimate of drug-likeness (QED) is 0.332. The summed E-state index contributed by atoms with van der Waals surface area (Å²) < 4.78 is 0. The van der Waals surface area contributed by atoms with Crippen molar-refractivity contribution >= 4 is 52.3 Å². The first-order chi connectivity index (χ1) is 18.3. The van der Waals surface area contributed by atoms with E-state index in [1.165, 1.54) is 31.2 Å². The van der Waals surface area contributed by atoms with Crippen LogP contribution < -0.4 is 15.5 Å². The number of pyridine rings is 1. The highest BCUT2D eigenvalue weighted by molar-refractivity contribution is 6.52. The number of carbonyl (C=O) groups excluding carboxylic acids is 3. The van der Waals surface area contributed by atoms with Gasteiger partial charge in [-0.15, -0.1) is 0 Å². The number of benzene rings is 2. The standard InChI is InChI=1S/C28H21ClN6O3/c1-16-5-8-20(14-23(16)34-28-31-13-11-22(33-28)19-4-3-12-30-15-19)32-25(36)18-6-9-21(10-7-18)35-26(37)17(2)24(29)27(35)38/h3-15H,1-2H3,(H,32,36)(H,31,33,34). The van der Waals surface area contributed by atoms with Crippen LogP contribution in [-0.4, -0.2) is 32.7 Å². The number of nitrogens with one attached hydrogen (secondary N) is 2. The molecule has 2 aromatic carbocycles. The highest BCUT2D eigenvalue weighted by atomic mass is 35.5. The van der Waals surface area contributed by atoms with E-state index in [0.717, 1.165) is 27.4 Å². The molecule has 1 aliphatic heterocycles. The van der Waals surface area contributed by atoms with Gasteiger partial charge in [-0.3, -0.25) is 19.4 Å². The highest BCUT2D eigenvalue weighted by Gasteiger charge is 2.36. The van der Waals surface area contributed by atoms with Gasteiger partial charge in [0.25, 0.3) is 17.7 Å². The lowest BCUT2D eigenvalue weighted by Crippen LogP contribution is -2.31. The topological polar surface area (TPSA) is 117 Å². The molecule has 38 heavy (non-hydrogen) atoms. The highest BCUT2D eigenvalue weighted by Crippen LogP contribution is 2.29. The number of imide groups is 1. The second kappa shape index (κ2) is 10.2. The van der Waals surface area contributed by atoms with Gasteiger partial charge in [-0.2, -0.15) is 0 Å². The maximum atomic E-state index is 12.9. The second-order valence-electron chi connectivity index (χ2n) is 8.55. The number of hydrogen-bond acceptors (Lipinski definition) is 7. The molecule has 10 heteroatoms. The first-order valence-electron chi connectivity index (χ1n) is 11.6. The van der Waals surface area contributed by atoms with Gasteiger partial charge in [0.05, 0.1) is 11.4 Å². The number of carbonyl (C=O) groups is 3. The minimum Gasteiger partial charge on any atom is -0.324 e. The van der Waals surface area contributed by atoms with Crippen molar-refractivity contribution in [3.63, 3.8) is 0 Å². The van der Waals surface area contributed by atoms with Gasteiger partial charge >= 0.3 is 0 Å². The Labute approximate surface area is 223 Å². The third-order valence-corrected chi connectivity index (χ3v) is 6.43. The van der Waals surface area contributed by atoms with Crippen molar-refractivity contribution in [1.82, 2.24) is 15.0 Å². The van der Waals surface area contributed by atoms with Crippen LogP contribution >= 0.6 is 11.6 Å². The molecule has 0 spiro atoms. The number of nitrogens with zero attached hydrogens (tertiary/aromatic N) is 4. The van der Waals surface area contributed by atoms with E-state index in [0.29, 0.717) is 22.9 Å². The largest absolute Gasteiger partial charge is 0.324 e. The lowest BCUT2D eigenvalue weighted by molar-refractivity contribution is -0.120. The first-order valence-corrected chi connectivity index (χ1v) is 12.0. The van der Waals surface area contributed by atoms with Crippen LogP contribution in [0.5, 0.6) is 0 Å². The maximum Gasteiger partial charge on any atom is 0.277 e. The molecule has 0 saturated carbocycles. The molecule has 1 aliphatic rings. The number of halogens is 1. The van der Waals surface area contributed by atoms with Gasteiger partial charge in [-0.25, -0.2) is 14.9 Å². The predicted molar refractivity (Wildman–Crippen MR) is 145 cm³/mol. The zero-order valence-electron chi connectivity index (χ0n) is 20.4. The molecule has 0 fully saturated rings. The van der Waals surface area contributed by atoms with Crippen molar-refractivity contribution in [3.05, 3.63) is 101 Å². The Morgan fingerprint density at radius 3 is 2.42 bits per heavy atom. The van der Waals surface area contributed by atoms with Gasteiger partial charge in [0, 0.05) is 46.7 Å². The summed E-state index contributed by atoms with van der Waals surface area (Å²) in [4.78, 5) is 51.5. The fraction of sp³-hybridized carbons (Fsp3) is 0.0714.